The van der Waals surface area contributed by atoms with Gasteiger partial charge in [-0.15, -0.1) is 0 Å². The minimum Gasteiger partial charge on any atom is -0.377 e. The highest BCUT2D eigenvalue weighted by atomic mass is 35.5. The van der Waals surface area contributed by atoms with Crippen molar-refractivity contribution in [1.82, 2.24) is 14.9 Å². The number of nitrogens with zero attached hydrogens (tertiary/aromatic N) is 2. The van der Waals surface area contributed by atoms with E-state index in [1.165, 1.54) is 25.3 Å². The molecule has 0 bridgehead atoms. The van der Waals surface area contributed by atoms with Crippen molar-refractivity contribution < 1.29 is 32.3 Å². The highest BCUT2D eigenvalue weighted by Crippen LogP contribution is 2.48. The highest BCUT2D eigenvalue weighted by Gasteiger charge is 2.52. The summed E-state index contributed by atoms with van der Waals surface area (Å²) in [7, 11) is 0. The zero-order valence-electron chi connectivity index (χ0n) is 24.0. The minimum absolute atomic E-state index is 0.00364. The summed E-state index contributed by atoms with van der Waals surface area (Å²) in [6.07, 6.45) is -4.25. The number of aliphatic hydroxyl groups is 1. The number of alkyl halides is 3. The van der Waals surface area contributed by atoms with Crippen molar-refractivity contribution in [3.05, 3.63) is 61.1 Å². The summed E-state index contributed by atoms with van der Waals surface area (Å²) in [5, 5.41) is 14.2. The van der Waals surface area contributed by atoms with Gasteiger partial charge in [-0.2, -0.15) is 13.2 Å². The van der Waals surface area contributed by atoms with Crippen LogP contribution in [0.3, 0.4) is 0 Å². The number of hydrogen-bond acceptors (Lipinski definition) is 5. The number of benzene rings is 1. The van der Waals surface area contributed by atoms with E-state index in [1.807, 2.05) is 0 Å². The van der Waals surface area contributed by atoms with E-state index in [9.17, 15) is 37.1 Å². The van der Waals surface area contributed by atoms with Crippen molar-refractivity contribution in [2.45, 2.75) is 84.2 Å². The summed E-state index contributed by atoms with van der Waals surface area (Å²) in [6.45, 7) is 5.68. The molecular formula is C31H30ClF4N3O4. The Morgan fingerprint density at radius 2 is 1.86 bits per heavy atom. The van der Waals surface area contributed by atoms with Crippen molar-refractivity contribution in [3.63, 3.8) is 0 Å². The SMILES string of the molecule is CC[C@@]1(O)C(=O)CCc2c1cc1n(c2=O)Cc2c-1nc1cc(F)c(Cl)c3c1c2[C@@H](NC(=O)[C@@H](C(C)(C)C)C(F)(F)F)CC3. The molecule has 3 heterocycles. The standard InChI is InChI=1S/C31H30ClF4N3O4/c1-5-30(43)16-10-20-25-15(12-39(20)28(42)13(16)7-9-21(30)40)23-18(38-27(41)26(29(2,3)4)31(34,35)36)8-6-14-22(23)19(37-25)11-17(33)24(14)32/h10-11,18,26,43H,5-9,12H2,1-4H3,(H,38,41)/t18-,26-,30-/m0/s1. The van der Waals surface area contributed by atoms with Crippen LogP contribution in [-0.2, 0) is 34.6 Å². The third-order valence-electron chi connectivity index (χ3n) is 9.19. The smallest absolute Gasteiger partial charge is 0.377 e. The van der Waals surface area contributed by atoms with Crippen LogP contribution in [0.5, 0.6) is 0 Å². The predicted molar refractivity (Wildman–Crippen MR) is 151 cm³/mol. The van der Waals surface area contributed by atoms with Crippen molar-refractivity contribution >= 4 is 34.2 Å². The second-order valence-electron chi connectivity index (χ2n) is 12.8. The molecule has 0 fully saturated rings. The van der Waals surface area contributed by atoms with E-state index in [4.69, 9.17) is 16.6 Å². The molecule has 2 N–H and O–H groups in total. The first kappa shape index (κ1) is 29.7. The largest absolute Gasteiger partial charge is 0.400 e. The molecule has 0 saturated heterocycles. The molecular weight excluding hydrogens is 590 g/mol. The molecule has 43 heavy (non-hydrogen) atoms. The molecule has 1 aromatic carbocycles. The van der Waals surface area contributed by atoms with E-state index in [0.29, 0.717) is 33.3 Å². The lowest BCUT2D eigenvalue weighted by Crippen LogP contribution is -2.47. The number of hydrogen-bond donors (Lipinski definition) is 2. The van der Waals surface area contributed by atoms with Gasteiger partial charge in [0.2, 0.25) is 5.91 Å². The average molecular weight is 620 g/mol. The fourth-order valence-corrected chi connectivity index (χ4v) is 7.41. The zero-order chi connectivity index (χ0) is 31.4. The Balaban J connectivity index is 1.58. The van der Waals surface area contributed by atoms with Crippen LogP contribution in [0, 0.1) is 17.2 Å². The Kier molecular flexibility index (Phi) is 6.64. The van der Waals surface area contributed by atoms with Crippen LogP contribution in [0.15, 0.2) is 16.9 Å². The van der Waals surface area contributed by atoms with Crippen molar-refractivity contribution in [1.29, 1.82) is 0 Å². The number of aromatic nitrogens is 2. The molecule has 3 aromatic rings. The van der Waals surface area contributed by atoms with E-state index in [-0.39, 0.29) is 60.4 Å². The third kappa shape index (κ3) is 4.33. The Bertz CT molecular complexity index is 1800. The van der Waals surface area contributed by atoms with E-state index in [0.717, 1.165) is 6.07 Å². The van der Waals surface area contributed by atoms with Gasteiger partial charge in [-0.25, -0.2) is 9.37 Å². The number of nitrogens with one attached hydrogen (secondary N) is 1. The van der Waals surface area contributed by atoms with E-state index < -0.39 is 52.2 Å². The van der Waals surface area contributed by atoms with Crippen molar-refractivity contribution in [3.8, 4) is 11.4 Å². The van der Waals surface area contributed by atoms with Gasteiger partial charge in [-0.1, -0.05) is 39.3 Å². The van der Waals surface area contributed by atoms with Crippen LogP contribution < -0.4 is 10.9 Å². The number of carbonyl (C=O) groups is 2. The molecule has 2 aromatic heterocycles. The van der Waals surface area contributed by atoms with Crippen molar-refractivity contribution in [2.75, 3.05) is 0 Å². The summed E-state index contributed by atoms with van der Waals surface area (Å²) < 4.78 is 58.7. The van der Waals surface area contributed by atoms with E-state index >= 15 is 0 Å². The van der Waals surface area contributed by atoms with Crippen LogP contribution in [0.2, 0.25) is 5.02 Å². The number of Topliss-reactive ketones (excluding diaryl/α,β-unsaturated/α-hetero) is 1. The average Bonchev–Trinajstić information content (AvgIpc) is 3.27. The molecule has 1 amide bonds. The van der Waals surface area contributed by atoms with Crippen LogP contribution in [0.4, 0.5) is 17.6 Å². The Morgan fingerprint density at radius 1 is 1.16 bits per heavy atom. The maximum atomic E-state index is 15.0. The maximum absolute atomic E-state index is 15.0. The zero-order valence-corrected chi connectivity index (χ0v) is 24.8. The van der Waals surface area contributed by atoms with Gasteiger partial charge in [0.1, 0.15) is 17.3 Å². The quantitative estimate of drug-likeness (QED) is 0.288. The van der Waals surface area contributed by atoms with Crippen LogP contribution >= 0.6 is 11.6 Å². The topological polar surface area (TPSA) is 101 Å². The highest BCUT2D eigenvalue weighted by molar-refractivity contribution is 6.32. The number of aryl methyl sites for hydroxylation is 1. The number of pyridine rings is 2. The van der Waals surface area contributed by atoms with Gasteiger partial charge in [0, 0.05) is 34.6 Å². The number of amides is 1. The Morgan fingerprint density at radius 3 is 2.49 bits per heavy atom. The number of ketones is 1. The van der Waals surface area contributed by atoms with Crippen LogP contribution in [-0.4, -0.2) is 32.5 Å². The van der Waals surface area contributed by atoms with Gasteiger partial charge < -0.3 is 15.0 Å². The molecule has 0 radical (unpaired) electrons. The van der Waals surface area contributed by atoms with Gasteiger partial charge in [0.15, 0.2) is 5.78 Å². The lowest BCUT2D eigenvalue weighted by atomic mass is 9.77. The molecule has 1 aliphatic heterocycles. The van der Waals surface area contributed by atoms with Gasteiger partial charge in [0.25, 0.3) is 5.56 Å². The number of halogens is 5. The minimum atomic E-state index is -4.80. The Labute approximate surface area is 249 Å². The number of carbonyl (C=O) groups excluding carboxylic acids is 2. The van der Waals surface area contributed by atoms with Gasteiger partial charge in [0.05, 0.1) is 34.5 Å². The summed E-state index contributed by atoms with van der Waals surface area (Å²) >= 11 is 6.36. The molecule has 228 valence electrons. The van der Waals surface area contributed by atoms with E-state index in [1.54, 1.807) is 13.0 Å². The lowest BCUT2D eigenvalue weighted by molar-refractivity contribution is -0.202. The fourth-order valence-electron chi connectivity index (χ4n) is 7.17. The summed E-state index contributed by atoms with van der Waals surface area (Å²) in [6, 6.07) is 1.80. The summed E-state index contributed by atoms with van der Waals surface area (Å²) in [5.74, 6) is -4.59. The predicted octanol–water partition coefficient (Wildman–Crippen LogP) is 5.66. The molecule has 6 rings (SSSR count). The van der Waals surface area contributed by atoms with Crippen LogP contribution in [0.1, 0.15) is 80.8 Å². The fraction of sp³-hybridized carbons (Fsp3) is 0.484. The lowest BCUT2D eigenvalue weighted by Gasteiger charge is -2.34. The van der Waals surface area contributed by atoms with E-state index in [2.05, 4.69) is 5.32 Å². The number of fused-ring (bicyclic) bond motifs is 5. The van der Waals surface area contributed by atoms with Gasteiger partial charge >= 0.3 is 6.18 Å². The Hall–Kier alpha value is -3.31. The van der Waals surface area contributed by atoms with Crippen LogP contribution in [0.25, 0.3) is 22.3 Å². The summed E-state index contributed by atoms with van der Waals surface area (Å²) in [5.41, 5.74) is -1.05. The molecule has 0 spiro atoms. The first-order valence-corrected chi connectivity index (χ1v) is 14.6. The van der Waals surface area contributed by atoms with Gasteiger partial charge in [-0.3, -0.25) is 14.4 Å². The molecule has 3 atom stereocenters. The third-order valence-corrected chi connectivity index (χ3v) is 9.60. The normalized spacial score (nSPS) is 21.8. The summed E-state index contributed by atoms with van der Waals surface area (Å²) in [4.78, 5) is 44.5. The van der Waals surface area contributed by atoms with Gasteiger partial charge in [-0.05, 0) is 48.3 Å². The molecule has 0 saturated carbocycles. The second kappa shape index (κ2) is 9.59. The monoisotopic (exact) mass is 619 g/mol. The second-order valence-corrected chi connectivity index (χ2v) is 13.2. The first-order valence-electron chi connectivity index (χ1n) is 14.2. The molecule has 0 unspecified atom stereocenters. The molecule has 3 aliphatic rings. The van der Waals surface area contributed by atoms with Crippen molar-refractivity contribution in [2.24, 2.45) is 11.3 Å². The first-order chi connectivity index (χ1) is 20.0. The molecule has 12 heteroatoms. The molecule has 2 aliphatic carbocycles. The molecule has 7 nitrogen and oxygen atoms in total. The number of rotatable bonds is 3. The maximum Gasteiger partial charge on any atom is 0.400 e.